The molecule has 6 heteroatoms. The molecule has 20 heavy (non-hydrogen) atoms. The molecule has 0 aromatic carbocycles. The minimum Gasteiger partial charge on any atom is -0.381 e. The van der Waals surface area contributed by atoms with Crippen molar-refractivity contribution < 1.29 is 9.47 Å². The van der Waals surface area contributed by atoms with E-state index in [4.69, 9.17) is 15.3 Å². The smallest absolute Gasteiger partial charge is 0.0891 e. The number of methoxy groups -OCH3 is 1. The molecule has 2 heterocycles. The Kier molecular flexibility index (Phi) is 5.15. The van der Waals surface area contributed by atoms with E-state index in [2.05, 4.69) is 23.5 Å². The number of nitrogens with one attached hydrogen (secondary N) is 1. The van der Waals surface area contributed by atoms with Gasteiger partial charge in [-0.1, -0.05) is 0 Å². The third-order valence-corrected chi connectivity index (χ3v) is 4.28. The fourth-order valence-corrected chi connectivity index (χ4v) is 3.05. The van der Waals surface area contributed by atoms with E-state index in [0.29, 0.717) is 0 Å². The van der Waals surface area contributed by atoms with Gasteiger partial charge in [-0.2, -0.15) is 5.10 Å². The van der Waals surface area contributed by atoms with Crippen LogP contribution >= 0.6 is 0 Å². The summed E-state index contributed by atoms with van der Waals surface area (Å²) < 4.78 is 13.3. The molecule has 0 spiro atoms. The van der Waals surface area contributed by atoms with E-state index in [1.165, 1.54) is 5.69 Å². The van der Waals surface area contributed by atoms with Gasteiger partial charge in [-0.3, -0.25) is 16.0 Å². The van der Waals surface area contributed by atoms with Crippen molar-refractivity contribution in [1.82, 2.24) is 15.2 Å². The Morgan fingerprint density at radius 2 is 2.25 bits per heavy atom. The predicted molar refractivity (Wildman–Crippen MR) is 77.2 cm³/mol. The quantitative estimate of drug-likeness (QED) is 0.596. The van der Waals surface area contributed by atoms with E-state index in [-0.39, 0.29) is 11.6 Å². The zero-order chi connectivity index (χ0) is 14.6. The van der Waals surface area contributed by atoms with Gasteiger partial charge in [0, 0.05) is 51.8 Å². The van der Waals surface area contributed by atoms with E-state index in [9.17, 15) is 0 Å². The van der Waals surface area contributed by atoms with E-state index >= 15 is 0 Å². The molecule has 0 saturated carbocycles. The van der Waals surface area contributed by atoms with Gasteiger partial charge in [0.15, 0.2) is 0 Å². The summed E-state index contributed by atoms with van der Waals surface area (Å²) in [6.45, 7) is 6.42. The number of hydrogen-bond acceptors (Lipinski definition) is 5. The maximum absolute atomic E-state index is 5.83. The first-order valence-electron chi connectivity index (χ1n) is 7.27. The van der Waals surface area contributed by atoms with Crippen molar-refractivity contribution in [3.05, 3.63) is 17.5 Å². The number of aryl methyl sites for hydroxylation is 2. The summed E-state index contributed by atoms with van der Waals surface area (Å²) in [6.07, 6.45) is 2.52. The summed E-state index contributed by atoms with van der Waals surface area (Å²) in [5.41, 5.74) is 4.92. The Hall–Kier alpha value is -0.950. The molecule has 0 radical (unpaired) electrons. The lowest BCUT2D eigenvalue weighted by Crippen LogP contribution is -2.58. The SMILES string of the molecule is CCn1nc(C)cc1CC(NN)C1(OC)CCOCC1. The summed E-state index contributed by atoms with van der Waals surface area (Å²) in [5.74, 6) is 5.81. The molecule has 1 unspecified atom stereocenters. The fraction of sp³-hybridized carbons (Fsp3) is 0.786. The lowest BCUT2D eigenvalue weighted by atomic mass is 9.84. The first kappa shape index (κ1) is 15.4. The molecule has 1 aromatic rings. The average molecular weight is 282 g/mol. The van der Waals surface area contributed by atoms with Crippen LogP contribution in [0.1, 0.15) is 31.2 Å². The Morgan fingerprint density at radius 3 is 2.80 bits per heavy atom. The van der Waals surface area contributed by atoms with E-state index in [0.717, 1.165) is 44.7 Å². The van der Waals surface area contributed by atoms with Crippen LogP contribution in [-0.2, 0) is 22.4 Å². The summed E-state index contributed by atoms with van der Waals surface area (Å²) in [6, 6.07) is 2.18. The second-order valence-corrected chi connectivity index (χ2v) is 5.40. The van der Waals surface area contributed by atoms with Crippen LogP contribution in [0.4, 0.5) is 0 Å². The highest BCUT2D eigenvalue weighted by Crippen LogP contribution is 2.30. The maximum atomic E-state index is 5.83. The van der Waals surface area contributed by atoms with Crippen molar-refractivity contribution >= 4 is 0 Å². The van der Waals surface area contributed by atoms with Crippen LogP contribution in [0.3, 0.4) is 0 Å². The molecule has 0 amide bonds. The van der Waals surface area contributed by atoms with Crippen LogP contribution in [0, 0.1) is 6.92 Å². The number of nitrogens with zero attached hydrogens (tertiary/aromatic N) is 2. The van der Waals surface area contributed by atoms with Crippen LogP contribution in [0.2, 0.25) is 0 Å². The number of hydrazine groups is 1. The first-order valence-corrected chi connectivity index (χ1v) is 7.27. The monoisotopic (exact) mass is 282 g/mol. The van der Waals surface area contributed by atoms with Crippen molar-refractivity contribution in [2.75, 3.05) is 20.3 Å². The third kappa shape index (κ3) is 3.03. The number of hydrogen-bond donors (Lipinski definition) is 2. The average Bonchev–Trinajstić information content (AvgIpc) is 2.85. The molecule has 1 aromatic heterocycles. The van der Waals surface area contributed by atoms with Gasteiger partial charge in [-0.15, -0.1) is 0 Å². The minimum atomic E-state index is -0.260. The highest BCUT2D eigenvalue weighted by molar-refractivity contribution is 5.12. The topological polar surface area (TPSA) is 74.3 Å². The second kappa shape index (κ2) is 6.67. The van der Waals surface area contributed by atoms with Gasteiger partial charge < -0.3 is 9.47 Å². The molecule has 114 valence electrons. The number of ether oxygens (including phenoxy) is 2. The lowest BCUT2D eigenvalue weighted by Gasteiger charge is -2.42. The van der Waals surface area contributed by atoms with Crippen molar-refractivity contribution in [1.29, 1.82) is 0 Å². The third-order valence-electron chi connectivity index (χ3n) is 4.28. The zero-order valence-corrected chi connectivity index (χ0v) is 12.7. The van der Waals surface area contributed by atoms with Gasteiger partial charge >= 0.3 is 0 Å². The van der Waals surface area contributed by atoms with E-state index < -0.39 is 0 Å². The van der Waals surface area contributed by atoms with Crippen LogP contribution < -0.4 is 11.3 Å². The molecule has 1 saturated heterocycles. The standard InChI is InChI=1S/C14H26N4O2/c1-4-18-12(9-11(2)17-18)10-13(16-15)14(19-3)5-7-20-8-6-14/h9,13,16H,4-8,10,15H2,1-3H3. The summed E-state index contributed by atoms with van der Waals surface area (Å²) >= 11 is 0. The molecular weight excluding hydrogens is 256 g/mol. The molecule has 0 bridgehead atoms. The number of nitrogens with two attached hydrogens (primary N) is 1. The second-order valence-electron chi connectivity index (χ2n) is 5.40. The fourth-order valence-electron chi connectivity index (χ4n) is 3.05. The molecule has 0 aliphatic carbocycles. The largest absolute Gasteiger partial charge is 0.381 e. The Balaban J connectivity index is 2.18. The van der Waals surface area contributed by atoms with E-state index in [1.54, 1.807) is 7.11 Å². The number of aromatic nitrogens is 2. The van der Waals surface area contributed by atoms with Gasteiger partial charge in [-0.05, 0) is 19.9 Å². The Labute approximate surface area is 120 Å². The van der Waals surface area contributed by atoms with Crippen molar-refractivity contribution in [2.24, 2.45) is 5.84 Å². The zero-order valence-electron chi connectivity index (χ0n) is 12.7. The van der Waals surface area contributed by atoms with Crippen LogP contribution in [-0.4, -0.2) is 41.7 Å². The van der Waals surface area contributed by atoms with Crippen molar-refractivity contribution in [2.45, 2.75) is 51.3 Å². The van der Waals surface area contributed by atoms with E-state index in [1.807, 2.05) is 11.6 Å². The van der Waals surface area contributed by atoms with Crippen LogP contribution in [0.25, 0.3) is 0 Å². The molecule has 1 fully saturated rings. The van der Waals surface area contributed by atoms with Gasteiger partial charge in [0.1, 0.15) is 0 Å². The summed E-state index contributed by atoms with van der Waals surface area (Å²) in [4.78, 5) is 0. The molecular formula is C14H26N4O2. The van der Waals surface area contributed by atoms with Crippen LogP contribution in [0.5, 0.6) is 0 Å². The molecule has 1 atom stereocenters. The van der Waals surface area contributed by atoms with Crippen molar-refractivity contribution in [3.8, 4) is 0 Å². The Bertz CT molecular complexity index is 427. The van der Waals surface area contributed by atoms with Gasteiger partial charge in [0.2, 0.25) is 0 Å². The van der Waals surface area contributed by atoms with Crippen molar-refractivity contribution in [3.63, 3.8) is 0 Å². The first-order chi connectivity index (χ1) is 9.65. The van der Waals surface area contributed by atoms with Crippen LogP contribution in [0.15, 0.2) is 6.07 Å². The van der Waals surface area contributed by atoms with Gasteiger partial charge in [0.05, 0.1) is 17.3 Å². The molecule has 2 rings (SSSR count). The highest BCUT2D eigenvalue weighted by atomic mass is 16.5. The Morgan fingerprint density at radius 1 is 1.55 bits per heavy atom. The molecule has 1 aliphatic rings. The summed E-state index contributed by atoms with van der Waals surface area (Å²) in [7, 11) is 1.76. The molecule has 1 aliphatic heterocycles. The molecule has 3 N–H and O–H groups in total. The van der Waals surface area contributed by atoms with Gasteiger partial charge in [0.25, 0.3) is 0 Å². The van der Waals surface area contributed by atoms with Gasteiger partial charge in [-0.25, -0.2) is 0 Å². The molecule has 6 nitrogen and oxygen atoms in total. The summed E-state index contributed by atoms with van der Waals surface area (Å²) in [5, 5.41) is 4.49. The normalized spacial score (nSPS) is 20.0. The highest BCUT2D eigenvalue weighted by Gasteiger charge is 2.40. The number of rotatable bonds is 6. The maximum Gasteiger partial charge on any atom is 0.0891 e. The predicted octanol–water partition coefficient (Wildman–Crippen LogP) is 0.781. The lowest BCUT2D eigenvalue weighted by molar-refractivity contribution is -0.110. The minimum absolute atomic E-state index is 0.0535.